The Bertz CT molecular complexity index is 359. The van der Waals surface area contributed by atoms with Crippen LogP contribution in [0.5, 0.6) is 0 Å². The number of nitrogens with one attached hydrogen (secondary N) is 1. The number of ether oxygens (including phenoxy) is 1. The van der Waals surface area contributed by atoms with Gasteiger partial charge in [-0.3, -0.25) is 0 Å². The Morgan fingerprint density at radius 3 is 2.76 bits per heavy atom. The molecular weight excluding hydrogens is 212 g/mol. The van der Waals surface area contributed by atoms with Crippen LogP contribution >= 0.6 is 0 Å². The molecule has 0 bridgehead atoms. The number of hydrogen-bond acceptors (Lipinski definition) is 3. The highest BCUT2D eigenvalue weighted by Gasteiger charge is 2.28. The summed E-state index contributed by atoms with van der Waals surface area (Å²) in [6, 6.07) is 8.40. The van der Waals surface area contributed by atoms with Crippen LogP contribution in [0.4, 0.5) is 0 Å². The molecule has 17 heavy (non-hydrogen) atoms. The van der Waals surface area contributed by atoms with Gasteiger partial charge in [0.2, 0.25) is 0 Å². The predicted octanol–water partition coefficient (Wildman–Crippen LogP) is 1.46. The summed E-state index contributed by atoms with van der Waals surface area (Å²) < 4.78 is 5.43. The Balaban J connectivity index is 1.85. The molecule has 1 atom stereocenters. The lowest BCUT2D eigenvalue weighted by Crippen LogP contribution is -2.43. The largest absolute Gasteiger partial charge is 0.379 e. The molecule has 1 aliphatic heterocycles. The second-order valence-corrected chi connectivity index (χ2v) is 5.01. The molecule has 1 aliphatic rings. The third-order valence-electron chi connectivity index (χ3n) is 3.50. The van der Waals surface area contributed by atoms with Crippen LogP contribution in [-0.2, 0) is 17.7 Å². The SMILES string of the molecule is CC1(NCCc2ccccc2CN)CCOC1. The van der Waals surface area contributed by atoms with Gasteiger partial charge in [-0.1, -0.05) is 24.3 Å². The second kappa shape index (κ2) is 5.63. The minimum Gasteiger partial charge on any atom is -0.379 e. The minimum atomic E-state index is 0.164. The molecule has 1 fully saturated rings. The van der Waals surface area contributed by atoms with Gasteiger partial charge in [-0.2, -0.15) is 0 Å². The zero-order valence-electron chi connectivity index (χ0n) is 10.5. The molecule has 3 heteroatoms. The average Bonchev–Trinajstić information content (AvgIpc) is 2.77. The van der Waals surface area contributed by atoms with E-state index in [-0.39, 0.29) is 5.54 Å². The fourth-order valence-corrected chi connectivity index (χ4v) is 2.31. The Morgan fingerprint density at radius 2 is 2.12 bits per heavy atom. The van der Waals surface area contributed by atoms with Gasteiger partial charge in [0.05, 0.1) is 6.61 Å². The van der Waals surface area contributed by atoms with Gasteiger partial charge in [-0.15, -0.1) is 0 Å². The lowest BCUT2D eigenvalue weighted by atomic mass is 10.0. The molecule has 0 amide bonds. The van der Waals surface area contributed by atoms with Crippen LogP contribution in [0.2, 0.25) is 0 Å². The van der Waals surface area contributed by atoms with Crippen molar-refractivity contribution in [3.8, 4) is 0 Å². The van der Waals surface area contributed by atoms with Crippen LogP contribution in [0, 0.1) is 0 Å². The van der Waals surface area contributed by atoms with Crippen LogP contribution in [0.25, 0.3) is 0 Å². The number of benzene rings is 1. The summed E-state index contributed by atoms with van der Waals surface area (Å²) in [6.45, 7) is 5.54. The van der Waals surface area contributed by atoms with E-state index in [1.165, 1.54) is 11.1 Å². The summed E-state index contributed by atoms with van der Waals surface area (Å²) in [5, 5.41) is 3.59. The molecule has 1 saturated heterocycles. The summed E-state index contributed by atoms with van der Waals surface area (Å²) in [4.78, 5) is 0. The van der Waals surface area contributed by atoms with Gasteiger partial charge < -0.3 is 15.8 Å². The van der Waals surface area contributed by atoms with Crippen molar-refractivity contribution in [3.05, 3.63) is 35.4 Å². The van der Waals surface area contributed by atoms with Crippen molar-refractivity contribution < 1.29 is 4.74 Å². The average molecular weight is 234 g/mol. The normalized spacial score (nSPS) is 24.1. The Labute approximate surface area is 103 Å². The minimum absolute atomic E-state index is 0.164. The highest BCUT2D eigenvalue weighted by molar-refractivity contribution is 5.27. The maximum absolute atomic E-state index is 5.73. The van der Waals surface area contributed by atoms with Crippen LogP contribution in [-0.4, -0.2) is 25.3 Å². The molecule has 1 aromatic carbocycles. The fourth-order valence-electron chi connectivity index (χ4n) is 2.31. The smallest absolute Gasteiger partial charge is 0.0646 e. The first-order valence-corrected chi connectivity index (χ1v) is 6.33. The highest BCUT2D eigenvalue weighted by atomic mass is 16.5. The maximum Gasteiger partial charge on any atom is 0.0646 e. The summed E-state index contributed by atoms with van der Waals surface area (Å²) >= 11 is 0. The molecule has 0 spiro atoms. The molecular formula is C14H22N2O. The molecule has 1 heterocycles. The number of rotatable bonds is 5. The molecule has 0 saturated carbocycles. The van der Waals surface area contributed by atoms with Crippen LogP contribution < -0.4 is 11.1 Å². The van der Waals surface area contributed by atoms with Crippen molar-refractivity contribution in [2.45, 2.75) is 31.8 Å². The molecule has 3 nitrogen and oxygen atoms in total. The van der Waals surface area contributed by atoms with Gasteiger partial charge in [0.1, 0.15) is 0 Å². The maximum atomic E-state index is 5.73. The van der Waals surface area contributed by atoms with E-state index in [0.29, 0.717) is 6.54 Å². The van der Waals surface area contributed by atoms with Crippen LogP contribution in [0.3, 0.4) is 0 Å². The third kappa shape index (κ3) is 3.28. The van der Waals surface area contributed by atoms with Crippen molar-refractivity contribution in [1.29, 1.82) is 0 Å². The highest BCUT2D eigenvalue weighted by Crippen LogP contribution is 2.17. The van der Waals surface area contributed by atoms with Gasteiger partial charge in [0, 0.05) is 18.7 Å². The first kappa shape index (κ1) is 12.6. The zero-order valence-corrected chi connectivity index (χ0v) is 10.5. The van der Waals surface area contributed by atoms with Crippen molar-refractivity contribution in [2.24, 2.45) is 5.73 Å². The van der Waals surface area contributed by atoms with E-state index >= 15 is 0 Å². The third-order valence-corrected chi connectivity index (χ3v) is 3.50. The summed E-state index contributed by atoms with van der Waals surface area (Å²) in [7, 11) is 0. The molecule has 0 aliphatic carbocycles. The molecule has 1 aromatic rings. The first-order valence-electron chi connectivity index (χ1n) is 6.33. The fraction of sp³-hybridized carbons (Fsp3) is 0.571. The van der Waals surface area contributed by atoms with E-state index < -0.39 is 0 Å². The predicted molar refractivity (Wildman–Crippen MR) is 69.9 cm³/mol. The van der Waals surface area contributed by atoms with Crippen LogP contribution in [0.1, 0.15) is 24.5 Å². The van der Waals surface area contributed by atoms with Crippen LogP contribution in [0.15, 0.2) is 24.3 Å². The van der Waals surface area contributed by atoms with E-state index in [2.05, 4.69) is 30.4 Å². The van der Waals surface area contributed by atoms with Gasteiger partial charge in [0.25, 0.3) is 0 Å². The van der Waals surface area contributed by atoms with E-state index in [9.17, 15) is 0 Å². The molecule has 2 rings (SSSR count). The Hall–Kier alpha value is -0.900. The number of nitrogens with two attached hydrogens (primary N) is 1. The van der Waals surface area contributed by atoms with Crippen molar-refractivity contribution >= 4 is 0 Å². The summed E-state index contributed by atoms with van der Waals surface area (Å²) in [6.07, 6.45) is 2.13. The van der Waals surface area contributed by atoms with E-state index in [4.69, 9.17) is 10.5 Å². The lowest BCUT2D eigenvalue weighted by Gasteiger charge is -2.23. The first-order chi connectivity index (χ1) is 8.23. The van der Waals surface area contributed by atoms with Crippen molar-refractivity contribution in [1.82, 2.24) is 5.32 Å². The molecule has 0 radical (unpaired) electrons. The summed E-state index contributed by atoms with van der Waals surface area (Å²) in [5.41, 5.74) is 8.50. The number of hydrogen-bond donors (Lipinski definition) is 2. The molecule has 3 N–H and O–H groups in total. The van der Waals surface area contributed by atoms with E-state index in [1.807, 2.05) is 6.07 Å². The molecule has 0 aromatic heterocycles. The van der Waals surface area contributed by atoms with Gasteiger partial charge in [-0.25, -0.2) is 0 Å². The van der Waals surface area contributed by atoms with Crippen molar-refractivity contribution in [3.63, 3.8) is 0 Å². The quantitative estimate of drug-likeness (QED) is 0.811. The topological polar surface area (TPSA) is 47.3 Å². The monoisotopic (exact) mass is 234 g/mol. The van der Waals surface area contributed by atoms with E-state index in [1.54, 1.807) is 0 Å². The lowest BCUT2D eigenvalue weighted by molar-refractivity contribution is 0.172. The second-order valence-electron chi connectivity index (χ2n) is 5.01. The standard InChI is InChI=1S/C14H22N2O/c1-14(7-9-17-11-14)16-8-6-12-4-2-3-5-13(12)10-15/h2-5,16H,6-11,15H2,1H3. The van der Waals surface area contributed by atoms with Gasteiger partial charge in [-0.05, 0) is 37.4 Å². The Morgan fingerprint density at radius 1 is 1.35 bits per heavy atom. The van der Waals surface area contributed by atoms with Gasteiger partial charge in [0.15, 0.2) is 0 Å². The van der Waals surface area contributed by atoms with E-state index in [0.717, 1.165) is 32.6 Å². The molecule has 94 valence electrons. The Kier molecular flexibility index (Phi) is 4.15. The van der Waals surface area contributed by atoms with Gasteiger partial charge >= 0.3 is 0 Å². The zero-order chi connectivity index (χ0) is 12.1. The summed E-state index contributed by atoms with van der Waals surface area (Å²) in [5.74, 6) is 0. The molecule has 1 unspecified atom stereocenters. The van der Waals surface area contributed by atoms with Crippen molar-refractivity contribution in [2.75, 3.05) is 19.8 Å².